The third-order valence-corrected chi connectivity index (χ3v) is 19.2. The monoisotopic (exact) mass is 1390 g/mol. The fraction of sp³-hybridized carbons (Fsp3) is 0.776. The predicted molar refractivity (Wildman–Crippen MR) is 410 cm³/mol. The Hall–Kier alpha value is -3.35. The summed E-state index contributed by atoms with van der Waals surface area (Å²) in [6, 6.07) is -0.927. The lowest BCUT2D eigenvalue weighted by Gasteiger charge is -2.46. The van der Waals surface area contributed by atoms with Gasteiger partial charge in [0.05, 0.1) is 32.0 Å². The molecule has 2 saturated heterocycles. The maximum absolute atomic E-state index is 13.4. The van der Waals surface area contributed by atoms with E-state index in [1.54, 1.807) is 6.08 Å². The molecule has 12 unspecified atom stereocenters. The molecule has 0 saturated carbocycles. The highest BCUT2D eigenvalue weighted by atomic mass is 16.7. The molecule has 99 heavy (non-hydrogen) atoms. The van der Waals surface area contributed by atoms with Crippen molar-refractivity contribution in [2.24, 2.45) is 0 Å². The van der Waals surface area contributed by atoms with Gasteiger partial charge in [0.2, 0.25) is 5.91 Å². The van der Waals surface area contributed by atoms with Crippen LogP contribution in [0.5, 0.6) is 0 Å². The zero-order chi connectivity index (χ0) is 71.5. The van der Waals surface area contributed by atoms with Crippen LogP contribution in [0.25, 0.3) is 0 Å². The van der Waals surface area contributed by atoms with Crippen molar-refractivity contribution in [3.05, 3.63) is 109 Å². The molecule has 0 radical (unpaired) electrons. The van der Waals surface area contributed by atoms with E-state index in [-0.39, 0.29) is 18.9 Å². The van der Waals surface area contributed by atoms with E-state index in [2.05, 4.69) is 116 Å². The number of nitrogens with one attached hydrogen (secondary N) is 1. The summed E-state index contributed by atoms with van der Waals surface area (Å²) in [4.78, 5) is 13.4. The van der Waals surface area contributed by atoms with Crippen LogP contribution in [-0.4, -0.2) is 140 Å². The van der Waals surface area contributed by atoms with Gasteiger partial charge in [0, 0.05) is 6.42 Å². The normalized spacial score (nSPS) is 22.5. The number of ether oxygens (including phenoxy) is 4. The molecule has 0 bridgehead atoms. The predicted octanol–water partition coefficient (Wildman–Crippen LogP) is 18.6. The van der Waals surface area contributed by atoms with Crippen LogP contribution in [0.3, 0.4) is 0 Å². The lowest BCUT2D eigenvalue weighted by atomic mass is 9.97. The van der Waals surface area contributed by atoms with Crippen molar-refractivity contribution in [2.45, 2.75) is 402 Å². The molecule has 12 atom stereocenters. The van der Waals surface area contributed by atoms with Gasteiger partial charge in [-0.05, 0) is 83.5 Å². The van der Waals surface area contributed by atoms with E-state index in [0.717, 1.165) is 96.3 Å². The van der Waals surface area contributed by atoms with Gasteiger partial charge in [0.25, 0.3) is 0 Å². The minimum atomic E-state index is -1.79. The number of rotatable bonds is 67. The number of hydrogen-bond acceptors (Lipinski definition) is 13. The molecule has 2 rings (SSSR count). The number of aliphatic hydroxyl groups excluding tert-OH is 8. The second-order valence-corrected chi connectivity index (χ2v) is 28.2. The number of amides is 1. The summed E-state index contributed by atoms with van der Waals surface area (Å²) < 4.78 is 22.9. The van der Waals surface area contributed by atoms with Crippen molar-refractivity contribution >= 4 is 5.91 Å². The molecular formula is C85H149NO13. The van der Waals surface area contributed by atoms with Crippen LogP contribution in [0, 0.1) is 0 Å². The maximum atomic E-state index is 13.4. The first kappa shape index (κ1) is 91.7. The van der Waals surface area contributed by atoms with Crippen LogP contribution >= 0.6 is 0 Å². The molecule has 2 aliphatic rings. The van der Waals surface area contributed by atoms with E-state index in [1.165, 1.54) is 205 Å². The fourth-order valence-corrected chi connectivity index (χ4v) is 12.8. The van der Waals surface area contributed by atoms with Crippen molar-refractivity contribution in [3.8, 4) is 0 Å². The van der Waals surface area contributed by atoms with E-state index >= 15 is 0 Å². The third kappa shape index (κ3) is 50.7. The molecule has 2 heterocycles. The minimum absolute atomic E-state index is 0.244. The van der Waals surface area contributed by atoms with Crippen LogP contribution in [0.1, 0.15) is 328 Å². The van der Waals surface area contributed by atoms with E-state index < -0.39 is 86.8 Å². The molecule has 1 amide bonds. The molecular weight excluding hydrogens is 1240 g/mol. The molecule has 0 aromatic rings. The topological polar surface area (TPSA) is 228 Å². The second-order valence-electron chi connectivity index (χ2n) is 28.2. The van der Waals surface area contributed by atoms with Gasteiger partial charge in [0.15, 0.2) is 12.6 Å². The van der Waals surface area contributed by atoms with Gasteiger partial charge in [0.1, 0.15) is 48.8 Å². The van der Waals surface area contributed by atoms with Crippen molar-refractivity contribution in [1.29, 1.82) is 0 Å². The first-order chi connectivity index (χ1) is 48.6. The zero-order valence-corrected chi connectivity index (χ0v) is 62.7. The highest BCUT2D eigenvalue weighted by Crippen LogP contribution is 2.30. The number of carbonyl (C=O) groups excluding carboxylic acids is 1. The third-order valence-electron chi connectivity index (χ3n) is 19.2. The van der Waals surface area contributed by atoms with E-state index in [0.29, 0.717) is 6.42 Å². The minimum Gasteiger partial charge on any atom is -0.394 e. The van der Waals surface area contributed by atoms with Crippen molar-refractivity contribution in [3.63, 3.8) is 0 Å². The average Bonchev–Trinajstić information content (AvgIpc) is 0.799. The number of unbranched alkanes of at least 4 members (excludes halogenated alkanes) is 38. The van der Waals surface area contributed by atoms with Crippen molar-refractivity contribution < 1.29 is 64.6 Å². The molecule has 14 nitrogen and oxygen atoms in total. The Balaban J connectivity index is 1.63. The van der Waals surface area contributed by atoms with Crippen LogP contribution < -0.4 is 5.32 Å². The summed E-state index contributed by atoms with van der Waals surface area (Å²) in [5.74, 6) is -0.244. The summed E-state index contributed by atoms with van der Waals surface area (Å²) in [6.07, 6.45) is 81.6. The van der Waals surface area contributed by atoms with Crippen molar-refractivity contribution in [1.82, 2.24) is 5.32 Å². The Kier molecular flexibility index (Phi) is 62.8. The Morgan fingerprint density at radius 1 is 0.374 bits per heavy atom. The summed E-state index contributed by atoms with van der Waals surface area (Å²) in [5, 5.41) is 87.7. The summed E-state index contributed by atoms with van der Waals surface area (Å²) >= 11 is 0. The van der Waals surface area contributed by atoms with Crippen molar-refractivity contribution in [2.75, 3.05) is 19.8 Å². The molecule has 14 heteroatoms. The lowest BCUT2D eigenvalue weighted by molar-refractivity contribution is -0.359. The molecule has 0 aliphatic carbocycles. The molecule has 2 aliphatic heterocycles. The summed E-state index contributed by atoms with van der Waals surface area (Å²) in [5.41, 5.74) is 0. The number of hydrogen-bond donors (Lipinski definition) is 9. The molecule has 0 aromatic carbocycles. The Morgan fingerprint density at radius 2 is 0.697 bits per heavy atom. The van der Waals surface area contributed by atoms with Crippen LogP contribution in [-0.2, 0) is 23.7 Å². The van der Waals surface area contributed by atoms with Gasteiger partial charge in [-0.25, -0.2) is 0 Å². The molecule has 2 fully saturated rings. The van der Waals surface area contributed by atoms with Gasteiger partial charge in [-0.1, -0.05) is 348 Å². The Bertz CT molecular complexity index is 2080. The van der Waals surface area contributed by atoms with Gasteiger partial charge >= 0.3 is 0 Å². The zero-order valence-electron chi connectivity index (χ0n) is 62.7. The Labute approximate surface area is 604 Å². The van der Waals surface area contributed by atoms with Crippen LogP contribution in [0.15, 0.2) is 109 Å². The van der Waals surface area contributed by atoms with Gasteiger partial charge < -0.3 is 65.1 Å². The molecule has 0 spiro atoms. The second kappa shape index (κ2) is 67.8. The summed E-state index contributed by atoms with van der Waals surface area (Å²) in [7, 11) is 0. The lowest BCUT2D eigenvalue weighted by Crippen LogP contribution is -2.65. The van der Waals surface area contributed by atoms with Gasteiger partial charge in [-0.15, -0.1) is 0 Å². The smallest absolute Gasteiger partial charge is 0.220 e. The van der Waals surface area contributed by atoms with Gasteiger partial charge in [-0.3, -0.25) is 4.79 Å². The van der Waals surface area contributed by atoms with Crippen LogP contribution in [0.4, 0.5) is 0 Å². The largest absolute Gasteiger partial charge is 0.394 e. The number of aliphatic hydroxyl groups is 8. The quantitative estimate of drug-likeness (QED) is 0.0204. The molecule has 572 valence electrons. The first-order valence-electron chi connectivity index (χ1n) is 40.6. The van der Waals surface area contributed by atoms with E-state index in [9.17, 15) is 45.6 Å². The Morgan fingerprint density at radius 3 is 1.07 bits per heavy atom. The first-order valence-corrected chi connectivity index (χ1v) is 40.6. The molecule has 0 aromatic heterocycles. The highest BCUT2D eigenvalue weighted by molar-refractivity contribution is 5.76. The average molecular weight is 1390 g/mol. The number of carbonyl (C=O) groups is 1. The molecule has 9 N–H and O–H groups in total. The summed E-state index contributed by atoms with van der Waals surface area (Å²) in [6.45, 7) is 2.72. The van der Waals surface area contributed by atoms with Crippen LogP contribution in [0.2, 0.25) is 0 Å². The number of allylic oxidation sites excluding steroid dienone is 17. The van der Waals surface area contributed by atoms with Gasteiger partial charge in [-0.2, -0.15) is 0 Å². The fourth-order valence-electron chi connectivity index (χ4n) is 12.8. The standard InChI is InChI=1S/C85H149NO13/c1-3-5-7-9-11-13-15-17-19-21-23-25-27-29-31-33-35-36-37-38-39-41-43-45-47-49-51-53-55-57-59-61-63-65-67-69-77(90)86-73(72-96-84-82(95)80(93)83(76(71-88)98-84)99-85-81(94)79(92)78(91)75(70-87)97-85)74(89)68-66-64-62-60-58-56-54-52-50-48-46-44-42-40-34-32-30-28-26-24-22-20-18-16-14-12-10-8-6-4-2/h5,7,11,13,17,19,23,25,29,31,35-36,38-39,43,45,66,68,73-76,78-85,87-89,91-95H,3-4,6,8-10,12,14-16,18,20-22,24,26-28,30,32-34,37,40-42,44,46-65,67,69-72H2,1-2H3,(H,86,90)/b7-5-,13-11-,19-17-,25-23-,31-29-,36-35-,39-38-,45-43-,68-66+. The van der Waals surface area contributed by atoms with E-state index in [4.69, 9.17) is 18.9 Å². The SMILES string of the molecule is CC/C=C\C/C=C\C/C=C\C/C=C\C/C=C\C/C=C\C/C=C\C/C=C\CCCCCCCCCCCCC(=O)NC(COC1OC(CO)C(OC2OC(CO)C(O)C(O)C2O)C(O)C1O)C(O)/C=C/CCCCCCCCCCCCCCCCCCCCCCCCCCCCCC. The highest BCUT2D eigenvalue weighted by Gasteiger charge is 2.51. The van der Waals surface area contributed by atoms with E-state index in [1.807, 2.05) is 6.08 Å². The maximum Gasteiger partial charge on any atom is 0.220 e.